The Morgan fingerprint density at radius 3 is 2.64 bits per heavy atom. The number of ether oxygens (including phenoxy) is 1. The van der Waals surface area contributed by atoms with Crippen molar-refractivity contribution >= 4 is 12.0 Å². The lowest BCUT2D eigenvalue weighted by atomic mass is 9.99. The van der Waals surface area contributed by atoms with E-state index in [9.17, 15) is 14.0 Å². The van der Waals surface area contributed by atoms with Crippen LogP contribution in [0.5, 0.6) is 0 Å². The van der Waals surface area contributed by atoms with Crippen LogP contribution in [-0.4, -0.2) is 53.1 Å². The van der Waals surface area contributed by atoms with Crippen LogP contribution in [0.4, 0.5) is 9.18 Å². The Morgan fingerprint density at radius 2 is 1.96 bits per heavy atom. The predicted molar refractivity (Wildman–Crippen MR) is 103 cm³/mol. The maximum absolute atomic E-state index is 14.6. The summed E-state index contributed by atoms with van der Waals surface area (Å²) in [5, 5.41) is 0. The van der Waals surface area contributed by atoms with Gasteiger partial charge in [0.1, 0.15) is 18.4 Å². The van der Waals surface area contributed by atoms with E-state index in [1.807, 2.05) is 36.7 Å². The first-order valence-electron chi connectivity index (χ1n) is 9.44. The Labute approximate surface area is 164 Å². The van der Waals surface area contributed by atoms with E-state index in [-0.39, 0.29) is 24.2 Å². The molecule has 0 N–H and O–H groups in total. The standard InChI is InChI=1S/C21H26FN3O3/c1-15(2)13-24(21(27)28-3)14-19(26)25-12-11-23-10-6-9-18(23)20(25)16-7-4-5-8-17(16)22/h4-10,15,20H,11-14H2,1-3H3/t20-/m1/s1. The molecule has 0 spiro atoms. The summed E-state index contributed by atoms with van der Waals surface area (Å²) in [7, 11) is 1.30. The number of aromatic nitrogens is 1. The van der Waals surface area contributed by atoms with Crippen molar-refractivity contribution in [3.63, 3.8) is 0 Å². The molecule has 2 aromatic rings. The predicted octanol–water partition coefficient (Wildman–Crippen LogP) is 3.28. The van der Waals surface area contributed by atoms with Crippen molar-refractivity contribution in [1.82, 2.24) is 14.4 Å². The van der Waals surface area contributed by atoms with Crippen LogP contribution in [0.15, 0.2) is 42.6 Å². The van der Waals surface area contributed by atoms with E-state index in [0.717, 1.165) is 5.69 Å². The van der Waals surface area contributed by atoms with Gasteiger partial charge >= 0.3 is 6.09 Å². The first kappa shape index (κ1) is 19.9. The molecular weight excluding hydrogens is 361 g/mol. The SMILES string of the molecule is COC(=O)N(CC(=O)N1CCn2cccc2[C@H]1c1ccccc1F)CC(C)C. The zero-order chi connectivity index (χ0) is 20.3. The molecule has 0 unspecified atom stereocenters. The number of rotatable bonds is 5. The monoisotopic (exact) mass is 387 g/mol. The van der Waals surface area contributed by atoms with Crippen LogP contribution in [0.3, 0.4) is 0 Å². The van der Waals surface area contributed by atoms with E-state index in [0.29, 0.717) is 25.2 Å². The molecule has 28 heavy (non-hydrogen) atoms. The van der Waals surface area contributed by atoms with Gasteiger partial charge in [0.05, 0.1) is 7.11 Å². The van der Waals surface area contributed by atoms with Crippen LogP contribution in [0.25, 0.3) is 0 Å². The average molecular weight is 387 g/mol. The minimum atomic E-state index is -0.537. The number of carbonyl (C=O) groups is 2. The molecule has 7 heteroatoms. The smallest absolute Gasteiger partial charge is 0.409 e. The van der Waals surface area contributed by atoms with Crippen molar-refractivity contribution < 1.29 is 18.7 Å². The molecule has 1 aromatic carbocycles. The Balaban J connectivity index is 1.91. The minimum Gasteiger partial charge on any atom is -0.453 e. The molecule has 3 rings (SSSR count). The Morgan fingerprint density at radius 1 is 1.21 bits per heavy atom. The fourth-order valence-corrected chi connectivity index (χ4v) is 3.70. The van der Waals surface area contributed by atoms with Gasteiger partial charge in [0.25, 0.3) is 0 Å². The molecular formula is C21H26FN3O3. The molecule has 0 radical (unpaired) electrons. The lowest BCUT2D eigenvalue weighted by Gasteiger charge is -2.38. The van der Waals surface area contributed by atoms with Gasteiger partial charge in [-0.1, -0.05) is 32.0 Å². The number of amides is 2. The van der Waals surface area contributed by atoms with E-state index >= 15 is 0 Å². The third-order valence-electron chi connectivity index (χ3n) is 4.90. The Bertz CT molecular complexity index is 849. The van der Waals surface area contributed by atoms with E-state index < -0.39 is 12.1 Å². The molecule has 0 bridgehead atoms. The van der Waals surface area contributed by atoms with E-state index in [4.69, 9.17) is 4.74 Å². The van der Waals surface area contributed by atoms with Gasteiger partial charge < -0.3 is 14.2 Å². The van der Waals surface area contributed by atoms with Crippen molar-refractivity contribution in [3.8, 4) is 0 Å². The zero-order valence-electron chi connectivity index (χ0n) is 16.5. The maximum Gasteiger partial charge on any atom is 0.409 e. The van der Waals surface area contributed by atoms with Crippen LogP contribution in [0.1, 0.15) is 31.1 Å². The van der Waals surface area contributed by atoms with Crippen molar-refractivity contribution in [2.45, 2.75) is 26.4 Å². The lowest BCUT2D eigenvalue weighted by Crippen LogP contribution is -2.48. The summed E-state index contributed by atoms with van der Waals surface area (Å²) < 4.78 is 21.5. The minimum absolute atomic E-state index is 0.101. The van der Waals surface area contributed by atoms with Gasteiger partial charge in [0, 0.05) is 37.1 Å². The lowest BCUT2D eigenvalue weighted by molar-refractivity contribution is -0.135. The summed E-state index contributed by atoms with van der Waals surface area (Å²) in [5.74, 6) is -0.397. The summed E-state index contributed by atoms with van der Waals surface area (Å²) in [6, 6.07) is 9.78. The highest BCUT2D eigenvalue weighted by atomic mass is 19.1. The van der Waals surface area contributed by atoms with Gasteiger partial charge in [-0.3, -0.25) is 9.69 Å². The number of hydrogen-bond acceptors (Lipinski definition) is 3. The molecule has 1 aliphatic rings. The van der Waals surface area contributed by atoms with Gasteiger partial charge in [0.15, 0.2) is 0 Å². The molecule has 2 amide bonds. The number of benzene rings is 1. The number of carbonyl (C=O) groups excluding carboxylic acids is 2. The molecule has 0 saturated heterocycles. The molecule has 0 fully saturated rings. The topological polar surface area (TPSA) is 54.8 Å². The second-order valence-electron chi connectivity index (χ2n) is 7.38. The normalized spacial score (nSPS) is 16.0. The summed E-state index contributed by atoms with van der Waals surface area (Å²) >= 11 is 0. The van der Waals surface area contributed by atoms with Crippen LogP contribution >= 0.6 is 0 Å². The molecule has 2 heterocycles. The summed E-state index contributed by atoms with van der Waals surface area (Å²) in [4.78, 5) is 28.3. The van der Waals surface area contributed by atoms with Crippen LogP contribution in [0, 0.1) is 11.7 Å². The number of hydrogen-bond donors (Lipinski definition) is 0. The quantitative estimate of drug-likeness (QED) is 0.791. The second-order valence-corrected chi connectivity index (χ2v) is 7.38. The summed E-state index contributed by atoms with van der Waals surface area (Å²) in [6.45, 7) is 5.31. The molecule has 1 aromatic heterocycles. The summed E-state index contributed by atoms with van der Waals surface area (Å²) in [6.07, 6.45) is 1.40. The number of halogens is 1. The van der Waals surface area contributed by atoms with Crippen molar-refractivity contribution in [3.05, 3.63) is 59.7 Å². The number of methoxy groups -OCH3 is 1. The Hall–Kier alpha value is -2.83. The van der Waals surface area contributed by atoms with Crippen LogP contribution in [-0.2, 0) is 16.1 Å². The van der Waals surface area contributed by atoms with Crippen molar-refractivity contribution in [2.24, 2.45) is 5.92 Å². The highest BCUT2D eigenvalue weighted by Gasteiger charge is 2.34. The van der Waals surface area contributed by atoms with Crippen molar-refractivity contribution in [1.29, 1.82) is 0 Å². The van der Waals surface area contributed by atoms with Crippen LogP contribution in [0.2, 0.25) is 0 Å². The van der Waals surface area contributed by atoms with Gasteiger partial charge in [-0.2, -0.15) is 0 Å². The Kier molecular flexibility index (Phi) is 6.02. The van der Waals surface area contributed by atoms with Crippen molar-refractivity contribution in [2.75, 3.05) is 26.7 Å². The summed E-state index contributed by atoms with van der Waals surface area (Å²) in [5.41, 5.74) is 1.31. The average Bonchev–Trinajstić information content (AvgIpc) is 3.15. The van der Waals surface area contributed by atoms with Gasteiger partial charge in [-0.05, 0) is 24.1 Å². The van der Waals surface area contributed by atoms with Gasteiger partial charge in [-0.25, -0.2) is 9.18 Å². The molecule has 1 aliphatic heterocycles. The van der Waals surface area contributed by atoms with E-state index in [1.54, 1.807) is 23.1 Å². The fraction of sp³-hybridized carbons (Fsp3) is 0.429. The highest BCUT2D eigenvalue weighted by molar-refractivity contribution is 5.83. The first-order chi connectivity index (χ1) is 13.4. The fourth-order valence-electron chi connectivity index (χ4n) is 3.70. The highest BCUT2D eigenvalue weighted by Crippen LogP contribution is 2.33. The molecule has 0 saturated carbocycles. The molecule has 0 aliphatic carbocycles. The van der Waals surface area contributed by atoms with Gasteiger partial charge in [-0.15, -0.1) is 0 Å². The second kappa shape index (κ2) is 8.46. The molecule has 6 nitrogen and oxygen atoms in total. The zero-order valence-corrected chi connectivity index (χ0v) is 16.5. The van der Waals surface area contributed by atoms with E-state index in [1.165, 1.54) is 18.1 Å². The van der Waals surface area contributed by atoms with Crippen LogP contribution < -0.4 is 0 Å². The number of nitrogens with zero attached hydrogens (tertiary/aromatic N) is 3. The third-order valence-corrected chi connectivity index (χ3v) is 4.90. The largest absolute Gasteiger partial charge is 0.453 e. The van der Waals surface area contributed by atoms with Gasteiger partial charge in [0.2, 0.25) is 5.91 Å². The van der Waals surface area contributed by atoms with E-state index in [2.05, 4.69) is 0 Å². The maximum atomic E-state index is 14.6. The molecule has 150 valence electrons. The molecule has 1 atom stereocenters. The first-order valence-corrected chi connectivity index (χ1v) is 9.44. The number of fused-ring (bicyclic) bond motifs is 1. The third kappa shape index (κ3) is 4.03.